The van der Waals surface area contributed by atoms with Crippen molar-refractivity contribution >= 4 is 10.0 Å². The van der Waals surface area contributed by atoms with Gasteiger partial charge in [-0.05, 0) is 37.1 Å². The highest BCUT2D eigenvalue weighted by Crippen LogP contribution is 2.31. The first-order valence-corrected chi connectivity index (χ1v) is 7.16. The number of nitrogens with zero attached hydrogens (tertiary/aromatic N) is 2. The van der Waals surface area contributed by atoms with Crippen LogP contribution in [0.3, 0.4) is 0 Å². The molecule has 18 heavy (non-hydrogen) atoms. The van der Waals surface area contributed by atoms with Gasteiger partial charge in [-0.25, -0.2) is 8.42 Å². The molecule has 0 aliphatic heterocycles. The summed E-state index contributed by atoms with van der Waals surface area (Å²) in [7, 11) is -3.56. The van der Waals surface area contributed by atoms with E-state index in [-0.39, 0.29) is 24.1 Å². The van der Waals surface area contributed by atoms with Crippen molar-refractivity contribution in [2.75, 3.05) is 13.2 Å². The van der Waals surface area contributed by atoms with E-state index in [9.17, 15) is 8.42 Å². The lowest BCUT2D eigenvalue weighted by Gasteiger charge is -2.20. The number of hydrogen-bond acceptors (Lipinski definition) is 4. The standard InChI is InChI=1S/C12H14N2O3S/c13-9-10-1-5-12(6-2-10)18(16,17)14(7-8-15)11-3-4-11/h1-2,5-6,11,15H,3-4,7-8H2. The van der Waals surface area contributed by atoms with Crippen LogP contribution in [0.5, 0.6) is 0 Å². The molecule has 2 rings (SSSR count). The number of aliphatic hydroxyl groups excluding tert-OH is 1. The van der Waals surface area contributed by atoms with E-state index in [1.165, 1.54) is 28.6 Å². The number of nitriles is 1. The largest absolute Gasteiger partial charge is 0.395 e. The molecule has 0 radical (unpaired) electrons. The molecule has 0 heterocycles. The van der Waals surface area contributed by atoms with Gasteiger partial charge in [-0.1, -0.05) is 0 Å². The van der Waals surface area contributed by atoms with Crippen LogP contribution in [0.15, 0.2) is 29.2 Å². The van der Waals surface area contributed by atoms with Crippen molar-refractivity contribution in [1.82, 2.24) is 4.31 Å². The van der Waals surface area contributed by atoms with Gasteiger partial charge in [-0.3, -0.25) is 0 Å². The van der Waals surface area contributed by atoms with Crippen LogP contribution in [-0.4, -0.2) is 37.0 Å². The van der Waals surface area contributed by atoms with Crippen molar-refractivity contribution in [2.24, 2.45) is 0 Å². The molecule has 0 amide bonds. The highest BCUT2D eigenvalue weighted by Gasteiger charge is 2.37. The van der Waals surface area contributed by atoms with E-state index < -0.39 is 10.0 Å². The number of sulfonamides is 1. The zero-order valence-electron chi connectivity index (χ0n) is 9.78. The monoisotopic (exact) mass is 266 g/mol. The van der Waals surface area contributed by atoms with Crippen LogP contribution in [0, 0.1) is 11.3 Å². The second-order valence-corrected chi connectivity index (χ2v) is 6.10. The maximum absolute atomic E-state index is 12.3. The summed E-state index contributed by atoms with van der Waals surface area (Å²) >= 11 is 0. The van der Waals surface area contributed by atoms with E-state index in [0.717, 1.165) is 12.8 Å². The Bertz CT molecular complexity index is 556. The third-order valence-corrected chi connectivity index (χ3v) is 4.83. The van der Waals surface area contributed by atoms with Crippen LogP contribution in [-0.2, 0) is 10.0 Å². The smallest absolute Gasteiger partial charge is 0.243 e. The molecular weight excluding hydrogens is 252 g/mol. The topological polar surface area (TPSA) is 81.4 Å². The minimum atomic E-state index is -3.56. The Balaban J connectivity index is 2.30. The van der Waals surface area contributed by atoms with Crippen molar-refractivity contribution in [3.8, 4) is 6.07 Å². The summed E-state index contributed by atoms with van der Waals surface area (Å²) < 4.78 is 26.0. The van der Waals surface area contributed by atoms with Gasteiger partial charge in [-0.2, -0.15) is 9.57 Å². The number of rotatable bonds is 5. The SMILES string of the molecule is N#Cc1ccc(S(=O)(=O)N(CCO)C2CC2)cc1. The molecule has 0 saturated heterocycles. The minimum absolute atomic E-state index is 0.0118. The first-order chi connectivity index (χ1) is 8.59. The summed E-state index contributed by atoms with van der Waals surface area (Å²) in [6.07, 6.45) is 1.69. The average molecular weight is 266 g/mol. The van der Waals surface area contributed by atoms with Gasteiger partial charge in [-0.15, -0.1) is 0 Å². The summed E-state index contributed by atoms with van der Waals surface area (Å²) in [5, 5.41) is 17.6. The molecule has 6 heteroatoms. The molecule has 1 aromatic carbocycles. The molecule has 1 aliphatic carbocycles. The third kappa shape index (κ3) is 2.53. The molecule has 0 aromatic heterocycles. The zero-order valence-corrected chi connectivity index (χ0v) is 10.6. The molecule has 96 valence electrons. The van der Waals surface area contributed by atoms with Gasteiger partial charge in [0.1, 0.15) is 0 Å². The lowest BCUT2D eigenvalue weighted by Crippen LogP contribution is -2.35. The lowest BCUT2D eigenvalue weighted by molar-refractivity contribution is 0.250. The molecule has 1 N–H and O–H groups in total. The Morgan fingerprint density at radius 1 is 1.33 bits per heavy atom. The molecule has 0 bridgehead atoms. The van der Waals surface area contributed by atoms with Gasteiger partial charge >= 0.3 is 0 Å². The second kappa shape index (κ2) is 5.06. The summed E-state index contributed by atoms with van der Waals surface area (Å²) in [5.41, 5.74) is 0.425. The maximum Gasteiger partial charge on any atom is 0.243 e. The fourth-order valence-corrected chi connectivity index (χ4v) is 3.47. The Morgan fingerprint density at radius 3 is 2.39 bits per heavy atom. The van der Waals surface area contributed by atoms with Gasteiger partial charge < -0.3 is 5.11 Å². The van der Waals surface area contributed by atoms with Crippen molar-refractivity contribution in [2.45, 2.75) is 23.8 Å². The highest BCUT2D eigenvalue weighted by molar-refractivity contribution is 7.89. The van der Waals surface area contributed by atoms with Gasteiger partial charge in [0.15, 0.2) is 0 Å². The fourth-order valence-electron chi connectivity index (χ4n) is 1.80. The summed E-state index contributed by atoms with van der Waals surface area (Å²) in [4.78, 5) is 0.168. The quantitative estimate of drug-likeness (QED) is 0.850. The highest BCUT2D eigenvalue weighted by atomic mass is 32.2. The van der Waals surface area contributed by atoms with E-state index in [2.05, 4.69) is 0 Å². The predicted octanol–water partition coefficient (Wildman–Crippen LogP) is 0.704. The minimum Gasteiger partial charge on any atom is -0.395 e. The molecule has 1 fully saturated rings. The maximum atomic E-state index is 12.3. The number of benzene rings is 1. The van der Waals surface area contributed by atoms with Crippen LogP contribution in [0.1, 0.15) is 18.4 Å². The second-order valence-electron chi connectivity index (χ2n) is 4.21. The predicted molar refractivity (Wildman–Crippen MR) is 65.2 cm³/mol. The average Bonchev–Trinajstić information content (AvgIpc) is 3.20. The lowest BCUT2D eigenvalue weighted by atomic mass is 10.2. The summed E-state index contributed by atoms with van der Waals surface area (Å²) in [6.45, 7) is -0.0704. The van der Waals surface area contributed by atoms with Crippen molar-refractivity contribution in [3.05, 3.63) is 29.8 Å². The Kier molecular flexibility index (Phi) is 3.66. The van der Waals surface area contributed by atoms with Crippen LogP contribution < -0.4 is 0 Å². The Labute approximate surface area is 106 Å². The zero-order chi connectivity index (χ0) is 13.2. The molecule has 1 aromatic rings. The summed E-state index contributed by atoms with van der Waals surface area (Å²) in [6, 6.07) is 7.79. The number of aliphatic hydroxyl groups is 1. The molecule has 1 aliphatic rings. The molecule has 5 nitrogen and oxygen atoms in total. The van der Waals surface area contributed by atoms with E-state index in [1.54, 1.807) is 0 Å². The van der Waals surface area contributed by atoms with E-state index >= 15 is 0 Å². The Morgan fingerprint density at radius 2 is 1.94 bits per heavy atom. The van der Waals surface area contributed by atoms with E-state index in [0.29, 0.717) is 5.56 Å². The van der Waals surface area contributed by atoms with E-state index in [1.807, 2.05) is 6.07 Å². The van der Waals surface area contributed by atoms with Gasteiger partial charge in [0.25, 0.3) is 0 Å². The van der Waals surface area contributed by atoms with Crippen LogP contribution in [0.2, 0.25) is 0 Å². The van der Waals surface area contributed by atoms with Crippen molar-refractivity contribution < 1.29 is 13.5 Å². The van der Waals surface area contributed by atoms with Gasteiger partial charge in [0, 0.05) is 12.6 Å². The first-order valence-electron chi connectivity index (χ1n) is 5.72. The van der Waals surface area contributed by atoms with Crippen LogP contribution >= 0.6 is 0 Å². The molecular formula is C12H14N2O3S. The molecule has 0 spiro atoms. The Hall–Kier alpha value is -1.42. The molecule has 1 saturated carbocycles. The third-order valence-electron chi connectivity index (χ3n) is 2.86. The van der Waals surface area contributed by atoms with Crippen LogP contribution in [0.4, 0.5) is 0 Å². The van der Waals surface area contributed by atoms with Crippen LogP contribution in [0.25, 0.3) is 0 Å². The first kappa shape index (κ1) is 13.0. The summed E-state index contributed by atoms with van der Waals surface area (Å²) in [5.74, 6) is 0. The fraction of sp³-hybridized carbons (Fsp3) is 0.417. The number of hydrogen-bond donors (Lipinski definition) is 1. The van der Waals surface area contributed by atoms with Gasteiger partial charge in [0.2, 0.25) is 10.0 Å². The molecule has 0 atom stereocenters. The normalized spacial score (nSPS) is 15.6. The van der Waals surface area contributed by atoms with Crippen molar-refractivity contribution in [3.63, 3.8) is 0 Å². The van der Waals surface area contributed by atoms with Gasteiger partial charge in [0.05, 0.1) is 23.1 Å². The van der Waals surface area contributed by atoms with E-state index in [4.69, 9.17) is 10.4 Å². The van der Waals surface area contributed by atoms with Crippen molar-refractivity contribution in [1.29, 1.82) is 5.26 Å². The molecule has 0 unspecified atom stereocenters.